The normalized spacial score (nSPS) is 13.5. The molecule has 1 aliphatic heterocycles. The van der Waals surface area contributed by atoms with Crippen molar-refractivity contribution in [2.24, 2.45) is 5.73 Å². The van der Waals surface area contributed by atoms with Gasteiger partial charge in [0.05, 0.1) is 11.4 Å². The standard InChI is InChI=1S/C13H14N4O2.ClH/c1-17-11-4-8(10-5-9(6-14)15-16-10)2-3-12(11)19-7-13(17)18;/h2-5H,6-7,14H2,1H3,(H,15,16);1H. The van der Waals surface area contributed by atoms with Gasteiger partial charge >= 0.3 is 0 Å². The lowest BCUT2D eigenvalue weighted by molar-refractivity contribution is -0.120. The lowest BCUT2D eigenvalue weighted by Crippen LogP contribution is -2.35. The van der Waals surface area contributed by atoms with Crippen LogP contribution in [0.4, 0.5) is 5.69 Å². The second-order valence-corrected chi connectivity index (χ2v) is 4.41. The smallest absolute Gasteiger partial charge is 0.264 e. The molecule has 106 valence electrons. The van der Waals surface area contributed by atoms with Gasteiger partial charge in [0.25, 0.3) is 5.91 Å². The van der Waals surface area contributed by atoms with Gasteiger partial charge in [-0.3, -0.25) is 9.89 Å². The van der Waals surface area contributed by atoms with Crippen LogP contribution in [0, 0.1) is 0 Å². The highest BCUT2D eigenvalue weighted by molar-refractivity contribution is 5.98. The van der Waals surface area contributed by atoms with Gasteiger partial charge in [-0.25, -0.2) is 0 Å². The van der Waals surface area contributed by atoms with Crippen LogP contribution in [0.15, 0.2) is 24.3 Å². The lowest BCUT2D eigenvalue weighted by atomic mass is 10.1. The summed E-state index contributed by atoms with van der Waals surface area (Å²) in [4.78, 5) is 13.2. The summed E-state index contributed by atoms with van der Waals surface area (Å²) in [5.41, 5.74) is 8.89. The number of aromatic nitrogens is 2. The van der Waals surface area contributed by atoms with E-state index in [0.717, 1.165) is 22.6 Å². The number of fused-ring (bicyclic) bond motifs is 1. The van der Waals surface area contributed by atoms with Crippen molar-refractivity contribution in [3.05, 3.63) is 30.0 Å². The van der Waals surface area contributed by atoms with Crippen LogP contribution >= 0.6 is 12.4 Å². The van der Waals surface area contributed by atoms with E-state index in [4.69, 9.17) is 10.5 Å². The Morgan fingerprint density at radius 1 is 1.45 bits per heavy atom. The molecule has 1 aromatic heterocycles. The summed E-state index contributed by atoms with van der Waals surface area (Å²) in [5, 5.41) is 7.07. The molecule has 6 nitrogen and oxygen atoms in total. The quantitative estimate of drug-likeness (QED) is 0.875. The third-order valence-corrected chi connectivity index (χ3v) is 3.19. The zero-order valence-electron chi connectivity index (χ0n) is 10.9. The van der Waals surface area contributed by atoms with E-state index >= 15 is 0 Å². The summed E-state index contributed by atoms with van der Waals surface area (Å²) >= 11 is 0. The maximum atomic E-state index is 11.6. The number of carbonyl (C=O) groups is 1. The number of ether oxygens (including phenoxy) is 1. The summed E-state index contributed by atoms with van der Waals surface area (Å²) in [6.45, 7) is 0.502. The van der Waals surface area contributed by atoms with E-state index in [0.29, 0.717) is 12.3 Å². The van der Waals surface area contributed by atoms with E-state index < -0.39 is 0 Å². The van der Waals surface area contributed by atoms with Crippen LogP contribution in [-0.2, 0) is 11.3 Å². The van der Waals surface area contributed by atoms with E-state index in [9.17, 15) is 4.79 Å². The van der Waals surface area contributed by atoms with Crippen LogP contribution < -0.4 is 15.4 Å². The van der Waals surface area contributed by atoms with Crippen LogP contribution in [0.1, 0.15) is 5.69 Å². The molecule has 0 saturated carbocycles. The zero-order chi connectivity index (χ0) is 13.4. The van der Waals surface area contributed by atoms with Gasteiger partial charge in [-0.2, -0.15) is 5.10 Å². The van der Waals surface area contributed by atoms with Gasteiger partial charge in [0.1, 0.15) is 5.75 Å². The molecule has 2 aromatic rings. The number of aromatic amines is 1. The Labute approximate surface area is 122 Å². The molecule has 0 aliphatic carbocycles. The van der Waals surface area contributed by atoms with E-state index in [1.165, 1.54) is 0 Å². The molecule has 1 amide bonds. The maximum Gasteiger partial charge on any atom is 0.264 e. The number of carbonyl (C=O) groups excluding carboxylic acids is 1. The summed E-state index contributed by atoms with van der Waals surface area (Å²) in [7, 11) is 1.74. The topological polar surface area (TPSA) is 84.2 Å². The first-order valence-electron chi connectivity index (χ1n) is 5.97. The Morgan fingerprint density at radius 2 is 2.25 bits per heavy atom. The van der Waals surface area contributed by atoms with Gasteiger partial charge in [-0.1, -0.05) is 0 Å². The van der Waals surface area contributed by atoms with Gasteiger partial charge in [-0.05, 0) is 24.3 Å². The number of amides is 1. The Morgan fingerprint density at radius 3 is 2.95 bits per heavy atom. The highest BCUT2D eigenvalue weighted by Crippen LogP contribution is 2.34. The minimum Gasteiger partial charge on any atom is -0.482 e. The van der Waals surface area contributed by atoms with E-state index in [-0.39, 0.29) is 24.9 Å². The van der Waals surface area contributed by atoms with Crippen LogP contribution in [0.5, 0.6) is 5.75 Å². The van der Waals surface area contributed by atoms with Gasteiger partial charge < -0.3 is 15.4 Å². The predicted octanol–water partition coefficient (Wildman–Crippen LogP) is 1.31. The Hall–Kier alpha value is -2.05. The minimum atomic E-state index is -0.0608. The van der Waals surface area contributed by atoms with Crippen LogP contribution in [0.25, 0.3) is 11.3 Å². The van der Waals surface area contributed by atoms with Gasteiger partial charge in [-0.15, -0.1) is 12.4 Å². The molecule has 0 radical (unpaired) electrons. The number of nitrogens with two attached hydrogens (primary N) is 1. The predicted molar refractivity (Wildman–Crippen MR) is 78.1 cm³/mol. The molecule has 0 spiro atoms. The Kier molecular flexibility index (Phi) is 3.96. The van der Waals surface area contributed by atoms with Gasteiger partial charge in [0, 0.05) is 24.8 Å². The summed E-state index contributed by atoms with van der Waals surface area (Å²) in [6, 6.07) is 7.56. The first-order chi connectivity index (χ1) is 9.19. The second-order valence-electron chi connectivity index (χ2n) is 4.41. The number of nitrogens with one attached hydrogen (secondary N) is 1. The van der Waals surface area contributed by atoms with Crippen molar-refractivity contribution in [2.75, 3.05) is 18.6 Å². The molecule has 1 aromatic carbocycles. The van der Waals surface area contributed by atoms with E-state index in [1.54, 1.807) is 11.9 Å². The number of likely N-dealkylation sites (N-methyl/N-ethyl adjacent to an activating group) is 1. The number of hydrogen-bond donors (Lipinski definition) is 2. The zero-order valence-corrected chi connectivity index (χ0v) is 11.7. The number of H-pyrrole nitrogens is 1. The molecule has 0 unspecified atom stereocenters. The average Bonchev–Trinajstić information content (AvgIpc) is 2.92. The number of nitrogens with zero attached hydrogens (tertiary/aromatic N) is 2. The number of halogens is 1. The van der Waals surface area contributed by atoms with Crippen molar-refractivity contribution >= 4 is 24.0 Å². The minimum absolute atomic E-state index is 0. The fourth-order valence-electron chi connectivity index (χ4n) is 2.05. The molecule has 2 heterocycles. The highest BCUT2D eigenvalue weighted by Gasteiger charge is 2.22. The van der Waals surface area contributed by atoms with Crippen molar-refractivity contribution < 1.29 is 9.53 Å². The van der Waals surface area contributed by atoms with Crippen molar-refractivity contribution in [3.63, 3.8) is 0 Å². The van der Waals surface area contributed by atoms with Crippen molar-refractivity contribution in [2.45, 2.75) is 6.54 Å². The monoisotopic (exact) mass is 294 g/mol. The highest BCUT2D eigenvalue weighted by atomic mass is 35.5. The molecular weight excluding hydrogens is 280 g/mol. The van der Waals surface area contributed by atoms with E-state index in [2.05, 4.69) is 10.2 Å². The third kappa shape index (κ3) is 2.35. The molecular formula is C13H15ClN4O2. The SMILES string of the molecule is CN1C(=O)COc2ccc(-c3cc(CN)[nH]n3)cc21.Cl. The van der Waals surface area contributed by atoms with Crippen LogP contribution in [0.3, 0.4) is 0 Å². The molecule has 7 heteroatoms. The summed E-state index contributed by atoms with van der Waals surface area (Å²) in [5.74, 6) is 0.648. The molecule has 3 rings (SSSR count). The number of hydrogen-bond acceptors (Lipinski definition) is 4. The van der Waals surface area contributed by atoms with Gasteiger partial charge in [0.15, 0.2) is 6.61 Å². The summed E-state index contributed by atoms with van der Waals surface area (Å²) < 4.78 is 5.38. The lowest BCUT2D eigenvalue weighted by Gasteiger charge is -2.26. The van der Waals surface area contributed by atoms with Crippen molar-refractivity contribution in [1.29, 1.82) is 0 Å². The molecule has 0 bridgehead atoms. The Balaban J connectivity index is 0.00000147. The first-order valence-corrected chi connectivity index (χ1v) is 5.97. The second kappa shape index (κ2) is 5.52. The maximum absolute atomic E-state index is 11.6. The molecule has 0 atom stereocenters. The number of rotatable bonds is 2. The molecule has 20 heavy (non-hydrogen) atoms. The van der Waals surface area contributed by atoms with Crippen molar-refractivity contribution in [3.8, 4) is 17.0 Å². The first kappa shape index (κ1) is 14.4. The van der Waals surface area contributed by atoms with Crippen molar-refractivity contribution in [1.82, 2.24) is 10.2 Å². The fraction of sp³-hybridized carbons (Fsp3) is 0.231. The third-order valence-electron chi connectivity index (χ3n) is 3.19. The average molecular weight is 295 g/mol. The fourth-order valence-corrected chi connectivity index (χ4v) is 2.05. The molecule has 3 N–H and O–H groups in total. The van der Waals surface area contributed by atoms with Crippen LogP contribution in [0.2, 0.25) is 0 Å². The molecule has 1 aliphatic rings. The molecule has 0 fully saturated rings. The molecule has 0 saturated heterocycles. The number of benzene rings is 1. The van der Waals surface area contributed by atoms with E-state index in [1.807, 2.05) is 24.3 Å². The van der Waals surface area contributed by atoms with Crippen LogP contribution in [-0.4, -0.2) is 29.8 Å². The summed E-state index contributed by atoms with van der Waals surface area (Å²) in [6.07, 6.45) is 0. The Bertz CT molecular complexity index is 641. The number of anilines is 1. The largest absolute Gasteiger partial charge is 0.482 e. The van der Waals surface area contributed by atoms with Gasteiger partial charge in [0.2, 0.25) is 0 Å².